The van der Waals surface area contributed by atoms with Crippen molar-refractivity contribution in [2.45, 2.75) is 32.4 Å². The lowest BCUT2D eigenvalue weighted by Crippen LogP contribution is -2.34. The Morgan fingerprint density at radius 2 is 2.18 bits per heavy atom. The summed E-state index contributed by atoms with van der Waals surface area (Å²) in [5, 5.41) is 0. The van der Waals surface area contributed by atoms with Gasteiger partial charge in [0.15, 0.2) is 0 Å². The Morgan fingerprint density at radius 3 is 2.88 bits per heavy atom. The standard InChI is InChI=1S/C13H17FN2O/c14-12-5-4-10(8-15)7-11(12)9-16-6-2-1-3-13(16)17/h4-5,7H,1-3,6,8-9,15H2. The smallest absolute Gasteiger partial charge is 0.222 e. The summed E-state index contributed by atoms with van der Waals surface area (Å²) in [5.74, 6) is -0.144. The molecule has 1 heterocycles. The van der Waals surface area contributed by atoms with Crippen LogP contribution >= 0.6 is 0 Å². The highest BCUT2D eigenvalue weighted by atomic mass is 19.1. The number of nitrogens with zero attached hydrogens (tertiary/aromatic N) is 1. The van der Waals surface area contributed by atoms with Crippen LogP contribution in [-0.2, 0) is 17.9 Å². The fourth-order valence-corrected chi connectivity index (χ4v) is 2.11. The number of carbonyl (C=O) groups excluding carboxylic acids is 1. The molecule has 1 aliphatic rings. The molecule has 0 spiro atoms. The predicted molar refractivity (Wildman–Crippen MR) is 63.6 cm³/mol. The average Bonchev–Trinajstić information content (AvgIpc) is 2.35. The van der Waals surface area contributed by atoms with E-state index in [0.29, 0.717) is 25.1 Å². The zero-order valence-corrected chi connectivity index (χ0v) is 9.79. The summed E-state index contributed by atoms with van der Waals surface area (Å²) in [7, 11) is 0. The molecular weight excluding hydrogens is 219 g/mol. The molecule has 1 saturated heterocycles. The largest absolute Gasteiger partial charge is 0.338 e. The van der Waals surface area contributed by atoms with Crippen LogP contribution in [0.1, 0.15) is 30.4 Å². The first-order valence-electron chi connectivity index (χ1n) is 5.96. The third-order valence-corrected chi connectivity index (χ3v) is 3.13. The second kappa shape index (κ2) is 5.27. The van der Waals surface area contributed by atoms with Gasteiger partial charge in [0.05, 0.1) is 0 Å². The molecule has 0 aromatic heterocycles. The molecule has 2 N–H and O–H groups in total. The van der Waals surface area contributed by atoms with Crippen molar-refractivity contribution in [2.75, 3.05) is 6.54 Å². The van der Waals surface area contributed by atoms with Gasteiger partial charge < -0.3 is 10.6 Å². The highest BCUT2D eigenvalue weighted by Gasteiger charge is 2.19. The third kappa shape index (κ3) is 2.82. The summed E-state index contributed by atoms with van der Waals surface area (Å²) in [4.78, 5) is 13.4. The van der Waals surface area contributed by atoms with E-state index in [1.807, 2.05) is 0 Å². The number of amides is 1. The van der Waals surface area contributed by atoms with Crippen LogP contribution in [0.4, 0.5) is 4.39 Å². The molecule has 0 saturated carbocycles. The fourth-order valence-electron chi connectivity index (χ4n) is 2.11. The molecule has 0 atom stereocenters. The number of hydrogen-bond acceptors (Lipinski definition) is 2. The summed E-state index contributed by atoms with van der Waals surface area (Å²) in [6, 6.07) is 4.85. The van der Waals surface area contributed by atoms with Gasteiger partial charge in [-0.3, -0.25) is 4.79 Å². The maximum Gasteiger partial charge on any atom is 0.222 e. The summed E-state index contributed by atoms with van der Waals surface area (Å²) >= 11 is 0. The molecular formula is C13H17FN2O. The van der Waals surface area contributed by atoms with Crippen LogP contribution in [-0.4, -0.2) is 17.4 Å². The number of carbonyl (C=O) groups is 1. The van der Waals surface area contributed by atoms with E-state index in [1.54, 1.807) is 17.0 Å². The SMILES string of the molecule is NCc1ccc(F)c(CN2CCCCC2=O)c1. The number of likely N-dealkylation sites (tertiary alicyclic amines) is 1. The Bertz CT molecular complexity index is 420. The van der Waals surface area contributed by atoms with Gasteiger partial charge in [0, 0.05) is 31.6 Å². The van der Waals surface area contributed by atoms with Gasteiger partial charge in [-0.05, 0) is 30.5 Å². The minimum Gasteiger partial charge on any atom is -0.338 e. The molecule has 1 fully saturated rings. The lowest BCUT2D eigenvalue weighted by atomic mass is 10.1. The number of piperidine rings is 1. The Kier molecular flexibility index (Phi) is 3.74. The number of nitrogens with two attached hydrogens (primary N) is 1. The van der Waals surface area contributed by atoms with Gasteiger partial charge in [0.1, 0.15) is 5.82 Å². The topological polar surface area (TPSA) is 46.3 Å². The molecule has 1 aromatic carbocycles. The maximum atomic E-state index is 13.6. The zero-order valence-electron chi connectivity index (χ0n) is 9.79. The first-order chi connectivity index (χ1) is 8.20. The van der Waals surface area contributed by atoms with Crippen LogP contribution in [0.3, 0.4) is 0 Å². The molecule has 0 bridgehead atoms. The molecule has 3 nitrogen and oxygen atoms in total. The zero-order chi connectivity index (χ0) is 12.3. The van der Waals surface area contributed by atoms with E-state index in [1.165, 1.54) is 6.07 Å². The van der Waals surface area contributed by atoms with Crippen molar-refractivity contribution < 1.29 is 9.18 Å². The highest BCUT2D eigenvalue weighted by Crippen LogP contribution is 2.17. The molecule has 1 aromatic rings. The van der Waals surface area contributed by atoms with Gasteiger partial charge in [-0.15, -0.1) is 0 Å². The number of halogens is 1. The third-order valence-electron chi connectivity index (χ3n) is 3.13. The van der Waals surface area contributed by atoms with Crippen molar-refractivity contribution in [3.63, 3.8) is 0 Å². The van der Waals surface area contributed by atoms with Crippen LogP contribution in [0.15, 0.2) is 18.2 Å². The number of rotatable bonds is 3. The minimum absolute atomic E-state index is 0.119. The Balaban J connectivity index is 2.14. The van der Waals surface area contributed by atoms with Crippen molar-refractivity contribution in [3.05, 3.63) is 35.1 Å². The first kappa shape index (κ1) is 12.0. The molecule has 0 unspecified atom stereocenters. The maximum absolute atomic E-state index is 13.6. The van der Waals surface area contributed by atoms with E-state index in [-0.39, 0.29) is 11.7 Å². The first-order valence-corrected chi connectivity index (χ1v) is 5.96. The average molecular weight is 236 g/mol. The molecule has 0 aliphatic carbocycles. The van der Waals surface area contributed by atoms with Crippen LogP contribution in [0.5, 0.6) is 0 Å². The molecule has 1 amide bonds. The van der Waals surface area contributed by atoms with Gasteiger partial charge in [-0.2, -0.15) is 0 Å². The van der Waals surface area contributed by atoms with Crippen molar-refractivity contribution in [3.8, 4) is 0 Å². The second-order valence-corrected chi connectivity index (χ2v) is 4.40. The van der Waals surface area contributed by atoms with Gasteiger partial charge in [0.2, 0.25) is 5.91 Å². The lowest BCUT2D eigenvalue weighted by Gasteiger charge is -2.27. The van der Waals surface area contributed by atoms with Gasteiger partial charge in [-0.25, -0.2) is 4.39 Å². The van der Waals surface area contributed by atoms with Crippen LogP contribution < -0.4 is 5.73 Å². The normalized spacial score (nSPS) is 16.4. The number of benzene rings is 1. The van der Waals surface area contributed by atoms with Gasteiger partial charge in [-0.1, -0.05) is 6.07 Å². The Morgan fingerprint density at radius 1 is 1.35 bits per heavy atom. The van der Waals surface area contributed by atoms with Crippen LogP contribution in [0.25, 0.3) is 0 Å². The van der Waals surface area contributed by atoms with Crippen LogP contribution in [0, 0.1) is 5.82 Å². The van der Waals surface area contributed by atoms with E-state index in [9.17, 15) is 9.18 Å². The molecule has 1 aliphatic heterocycles. The van der Waals surface area contributed by atoms with E-state index in [2.05, 4.69) is 0 Å². The summed E-state index contributed by atoms with van der Waals surface area (Å²) in [5.41, 5.74) is 6.98. The molecule has 92 valence electrons. The summed E-state index contributed by atoms with van der Waals surface area (Å²) < 4.78 is 13.6. The van der Waals surface area contributed by atoms with Crippen molar-refractivity contribution >= 4 is 5.91 Å². The van der Waals surface area contributed by atoms with Crippen molar-refractivity contribution in [2.24, 2.45) is 5.73 Å². The van der Waals surface area contributed by atoms with Gasteiger partial charge >= 0.3 is 0 Å². The lowest BCUT2D eigenvalue weighted by molar-refractivity contribution is -0.133. The summed E-state index contributed by atoms with van der Waals surface area (Å²) in [6.07, 6.45) is 2.53. The minimum atomic E-state index is -0.263. The molecule has 17 heavy (non-hydrogen) atoms. The van der Waals surface area contributed by atoms with E-state index in [0.717, 1.165) is 24.9 Å². The second-order valence-electron chi connectivity index (χ2n) is 4.40. The van der Waals surface area contributed by atoms with E-state index < -0.39 is 0 Å². The highest BCUT2D eigenvalue weighted by molar-refractivity contribution is 5.76. The Labute approximate surface area is 100 Å². The fraction of sp³-hybridized carbons (Fsp3) is 0.462. The predicted octanol–water partition coefficient (Wildman–Crippen LogP) is 1.80. The quantitative estimate of drug-likeness (QED) is 0.869. The van der Waals surface area contributed by atoms with Crippen molar-refractivity contribution in [1.82, 2.24) is 4.90 Å². The Hall–Kier alpha value is -1.42. The van der Waals surface area contributed by atoms with Crippen molar-refractivity contribution in [1.29, 1.82) is 0 Å². The summed E-state index contributed by atoms with van der Waals surface area (Å²) in [6.45, 7) is 1.48. The molecule has 4 heteroatoms. The molecule has 0 radical (unpaired) electrons. The number of hydrogen-bond donors (Lipinski definition) is 1. The monoisotopic (exact) mass is 236 g/mol. The van der Waals surface area contributed by atoms with Crippen LogP contribution in [0.2, 0.25) is 0 Å². The van der Waals surface area contributed by atoms with E-state index in [4.69, 9.17) is 5.73 Å². The van der Waals surface area contributed by atoms with E-state index >= 15 is 0 Å². The van der Waals surface area contributed by atoms with Gasteiger partial charge in [0.25, 0.3) is 0 Å². The molecule has 2 rings (SSSR count).